The van der Waals surface area contributed by atoms with Crippen molar-refractivity contribution < 1.29 is 4.79 Å². The molecule has 0 aromatic carbocycles. The van der Waals surface area contributed by atoms with Crippen LogP contribution in [0, 0.1) is 6.92 Å². The number of nitrogens with zero attached hydrogens (tertiary/aromatic N) is 6. The molecule has 1 amide bonds. The van der Waals surface area contributed by atoms with Crippen LogP contribution in [0.5, 0.6) is 0 Å². The Morgan fingerprint density at radius 1 is 1.48 bits per heavy atom. The minimum Gasteiger partial charge on any atom is -0.354 e. The summed E-state index contributed by atoms with van der Waals surface area (Å²) in [5.41, 5.74) is 0.887. The van der Waals surface area contributed by atoms with Crippen LogP contribution in [0.2, 0.25) is 0 Å². The number of carbonyl (C=O) groups is 1. The first-order valence-electron chi connectivity index (χ1n) is 8.56. The predicted molar refractivity (Wildman–Crippen MR) is 96.5 cm³/mol. The maximum atomic E-state index is 12.3. The summed E-state index contributed by atoms with van der Waals surface area (Å²) in [5.74, 6) is 1.60. The summed E-state index contributed by atoms with van der Waals surface area (Å²) in [6, 6.07) is 6.06. The molecular formula is C17H25N7O. The second kappa shape index (κ2) is 7.60. The van der Waals surface area contributed by atoms with Crippen LogP contribution in [-0.2, 0) is 11.8 Å². The molecule has 0 spiro atoms. The lowest BCUT2D eigenvalue weighted by atomic mass is 10.0. The van der Waals surface area contributed by atoms with Crippen LogP contribution in [0.1, 0.15) is 18.5 Å². The molecule has 1 aliphatic rings. The number of carbonyl (C=O) groups excluding carboxylic acids is 1. The molecule has 0 unspecified atom stereocenters. The van der Waals surface area contributed by atoms with Gasteiger partial charge in [-0.15, -0.1) is 5.10 Å². The number of hydrogen-bond donors (Lipinski definition) is 1. The molecule has 8 nitrogen and oxygen atoms in total. The average molecular weight is 343 g/mol. The van der Waals surface area contributed by atoms with Gasteiger partial charge < -0.3 is 10.2 Å². The Morgan fingerprint density at radius 3 is 3.00 bits per heavy atom. The smallest absolute Gasteiger partial charge is 0.239 e. The number of aromatic nitrogens is 4. The Hall–Kier alpha value is -2.48. The van der Waals surface area contributed by atoms with Crippen molar-refractivity contribution in [3.8, 4) is 0 Å². The van der Waals surface area contributed by atoms with Crippen molar-refractivity contribution in [2.45, 2.75) is 25.8 Å². The fourth-order valence-electron chi connectivity index (χ4n) is 3.25. The molecule has 25 heavy (non-hydrogen) atoms. The van der Waals surface area contributed by atoms with Gasteiger partial charge in [-0.05, 0) is 38.9 Å². The van der Waals surface area contributed by atoms with Crippen LogP contribution < -0.4 is 10.2 Å². The highest BCUT2D eigenvalue weighted by Gasteiger charge is 2.25. The highest BCUT2D eigenvalue weighted by Crippen LogP contribution is 2.19. The van der Waals surface area contributed by atoms with Gasteiger partial charge in [0.05, 0.1) is 12.2 Å². The highest BCUT2D eigenvalue weighted by atomic mass is 16.2. The molecule has 0 radical (unpaired) electrons. The molecule has 1 aliphatic heterocycles. The fourth-order valence-corrected chi connectivity index (χ4v) is 3.25. The Bertz CT molecular complexity index is 715. The maximum Gasteiger partial charge on any atom is 0.239 e. The number of anilines is 2. The van der Waals surface area contributed by atoms with Crippen molar-refractivity contribution in [2.24, 2.45) is 7.05 Å². The molecule has 3 rings (SSSR count). The van der Waals surface area contributed by atoms with E-state index < -0.39 is 0 Å². The van der Waals surface area contributed by atoms with Crippen LogP contribution in [-0.4, -0.2) is 63.5 Å². The molecular weight excluding hydrogens is 318 g/mol. The predicted octanol–water partition coefficient (Wildman–Crippen LogP) is 1.06. The van der Waals surface area contributed by atoms with Gasteiger partial charge in [-0.2, -0.15) is 10.2 Å². The maximum absolute atomic E-state index is 12.3. The van der Waals surface area contributed by atoms with Crippen molar-refractivity contribution in [3.63, 3.8) is 0 Å². The number of likely N-dealkylation sites (N-methyl/N-ethyl adjacent to an activating group) is 1. The zero-order valence-electron chi connectivity index (χ0n) is 15.0. The van der Waals surface area contributed by atoms with E-state index in [-0.39, 0.29) is 5.91 Å². The van der Waals surface area contributed by atoms with Crippen molar-refractivity contribution in [3.05, 3.63) is 30.1 Å². The van der Waals surface area contributed by atoms with Gasteiger partial charge in [-0.1, -0.05) is 0 Å². The van der Waals surface area contributed by atoms with Crippen LogP contribution in [0.25, 0.3) is 0 Å². The quantitative estimate of drug-likeness (QED) is 0.874. The first-order valence-corrected chi connectivity index (χ1v) is 8.56. The molecule has 134 valence electrons. The summed E-state index contributed by atoms with van der Waals surface area (Å²) in [6.07, 6.45) is 3.83. The summed E-state index contributed by atoms with van der Waals surface area (Å²) in [7, 11) is 3.82. The van der Waals surface area contributed by atoms with E-state index in [0.717, 1.165) is 43.3 Å². The number of rotatable bonds is 5. The van der Waals surface area contributed by atoms with Crippen LogP contribution in [0.4, 0.5) is 11.6 Å². The number of piperidine rings is 1. The summed E-state index contributed by atoms with van der Waals surface area (Å²) >= 11 is 0. The lowest BCUT2D eigenvalue weighted by Gasteiger charge is -2.37. The largest absolute Gasteiger partial charge is 0.354 e. The first-order chi connectivity index (χ1) is 12.0. The van der Waals surface area contributed by atoms with E-state index in [1.807, 2.05) is 39.2 Å². The molecule has 1 N–H and O–H groups in total. The van der Waals surface area contributed by atoms with Crippen molar-refractivity contribution in [1.82, 2.24) is 24.9 Å². The monoisotopic (exact) mass is 343 g/mol. The molecule has 1 fully saturated rings. The minimum atomic E-state index is -0.0258. The van der Waals surface area contributed by atoms with Gasteiger partial charge in [0, 0.05) is 38.4 Å². The number of aryl methyl sites for hydroxylation is 2. The molecule has 3 heterocycles. The van der Waals surface area contributed by atoms with E-state index in [2.05, 4.69) is 30.4 Å². The average Bonchev–Trinajstić information content (AvgIpc) is 2.92. The van der Waals surface area contributed by atoms with Gasteiger partial charge in [-0.25, -0.2) is 0 Å². The zero-order valence-corrected chi connectivity index (χ0v) is 15.0. The highest BCUT2D eigenvalue weighted by molar-refractivity contribution is 5.91. The van der Waals surface area contributed by atoms with Crippen molar-refractivity contribution in [2.75, 3.05) is 36.9 Å². The second-order valence-electron chi connectivity index (χ2n) is 6.58. The molecule has 1 saturated heterocycles. The Labute approximate surface area is 147 Å². The molecule has 1 atom stereocenters. The third-order valence-electron chi connectivity index (χ3n) is 4.56. The summed E-state index contributed by atoms with van der Waals surface area (Å²) in [5, 5.41) is 15.3. The summed E-state index contributed by atoms with van der Waals surface area (Å²) in [4.78, 5) is 16.7. The lowest BCUT2D eigenvalue weighted by Crippen LogP contribution is -2.48. The lowest BCUT2D eigenvalue weighted by molar-refractivity contribution is -0.117. The van der Waals surface area contributed by atoms with Crippen LogP contribution in [0.15, 0.2) is 24.4 Å². The van der Waals surface area contributed by atoms with E-state index in [9.17, 15) is 4.79 Å². The Balaban J connectivity index is 1.56. The molecule has 2 aromatic heterocycles. The molecule has 0 bridgehead atoms. The van der Waals surface area contributed by atoms with Crippen LogP contribution >= 0.6 is 0 Å². The summed E-state index contributed by atoms with van der Waals surface area (Å²) in [6.45, 7) is 4.09. The second-order valence-corrected chi connectivity index (χ2v) is 6.58. The van der Waals surface area contributed by atoms with Gasteiger partial charge in [0.15, 0.2) is 5.82 Å². The molecule has 0 saturated carbocycles. The first kappa shape index (κ1) is 17.3. The fraction of sp³-hybridized carbons (Fsp3) is 0.529. The molecule has 8 heteroatoms. The van der Waals surface area contributed by atoms with E-state index in [4.69, 9.17) is 0 Å². The van der Waals surface area contributed by atoms with Crippen molar-refractivity contribution in [1.29, 1.82) is 0 Å². The Morgan fingerprint density at radius 2 is 2.32 bits per heavy atom. The SMILES string of the molecule is Cc1cc(NC(=O)CN(C)[C@@H]2CCCN(c3cccnn3)C2)n(C)n1. The van der Waals surface area contributed by atoms with Crippen molar-refractivity contribution >= 4 is 17.5 Å². The van der Waals surface area contributed by atoms with Crippen LogP contribution in [0.3, 0.4) is 0 Å². The third kappa shape index (κ3) is 4.33. The van der Waals surface area contributed by atoms with E-state index in [1.54, 1.807) is 10.9 Å². The molecule has 2 aromatic rings. The molecule has 0 aliphatic carbocycles. The van der Waals surface area contributed by atoms with Gasteiger partial charge >= 0.3 is 0 Å². The minimum absolute atomic E-state index is 0.0258. The van der Waals surface area contributed by atoms with Gasteiger partial charge in [0.1, 0.15) is 5.82 Å². The zero-order chi connectivity index (χ0) is 17.8. The third-order valence-corrected chi connectivity index (χ3v) is 4.56. The summed E-state index contributed by atoms with van der Waals surface area (Å²) < 4.78 is 1.68. The van der Waals surface area contributed by atoms with Gasteiger partial charge in [0.25, 0.3) is 0 Å². The number of nitrogens with one attached hydrogen (secondary N) is 1. The number of amides is 1. The topological polar surface area (TPSA) is 79.2 Å². The number of hydrogen-bond acceptors (Lipinski definition) is 6. The van der Waals surface area contributed by atoms with Gasteiger partial charge in [-0.3, -0.25) is 14.4 Å². The van der Waals surface area contributed by atoms with E-state index >= 15 is 0 Å². The standard InChI is InChI=1S/C17H25N7O/c1-13-10-16(23(3)21-13)19-17(25)12-22(2)14-6-5-9-24(11-14)15-7-4-8-18-20-15/h4,7-8,10,14H,5-6,9,11-12H2,1-3H3,(H,19,25)/t14-/m1/s1. The Kier molecular flexibility index (Phi) is 5.28. The van der Waals surface area contributed by atoms with E-state index in [1.165, 1.54) is 0 Å². The van der Waals surface area contributed by atoms with Gasteiger partial charge in [0.2, 0.25) is 5.91 Å². The normalized spacial score (nSPS) is 17.8. The van der Waals surface area contributed by atoms with E-state index in [0.29, 0.717) is 12.6 Å².